The van der Waals surface area contributed by atoms with Crippen LogP contribution in [0.3, 0.4) is 0 Å². The largest absolute Gasteiger partial charge is 0.377 e. The number of rotatable bonds is 3. The molecule has 0 bridgehead atoms. The molecule has 0 heterocycles. The molecule has 0 amide bonds. The fourth-order valence-electron chi connectivity index (χ4n) is 1.70. The molecule has 1 fully saturated rings. The lowest BCUT2D eigenvalue weighted by atomic mass is 9.93. The Labute approximate surface area is 68.3 Å². The van der Waals surface area contributed by atoms with Crippen molar-refractivity contribution in [2.45, 2.75) is 44.8 Å². The van der Waals surface area contributed by atoms with Gasteiger partial charge in [0.15, 0.2) is 0 Å². The Kier molecular flexibility index (Phi) is 3.83. The molecule has 1 aliphatic rings. The third-order valence-corrected chi connectivity index (χ3v) is 2.30. The predicted molar refractivity (Wildman–Crippen MR) is 45.0 cm³/mol. The molecule has 1 saturated carbocycles. The van der Waals surface area contributed by atoms with E-state index in [0.717, 1.165) is 19.4 Å². The van der Waals surface area contributed by atoms with Crippen molar-refractivity contribution in [3.63, 3.8) is 0 Å². The van der Waals surface area contributed by atoms with Gasteiger partial charge in [-0.1, -0.05) is 12.8 Å². The lowest BCUT2D eigenvalue weighted by Gasteiger charge is -2.30. The zero-order valence-corrected chi connectivity index (χ0v) is 7.18. The number of nitrogens with one attached hydrogen (secondary N) is 1. The molecule has 0 aromatic heterocycles. The molecule has 0 unspecified atom stereocenters. The van der Waals surface area contributed by atoms with E-state index in [1.54, 1.807) is 0 Å². The molecule has 0 spiro atoms. The van der Waals surface area contributed by atoms with E-state index in [1.807, 2.05) is 6.92 Å². The van der Waals surface area contributed by atoms with Crippen LogP contribution in [0.15, 0.2) is 0 Å². The number of ether oxygens (including phenoxy) is 1. The van der Waals surface area contributed by atoms with Gasteiger partial charge in [0.25, 0.3) is 0 Å². The topological polar surface area (TPSA) is 47.3 Å². The maximum atomic E-state index is 5.54. The minimum atomic E-state index is 0.346. The van der Waals surface area contributed by atoms with Gasteiger partial charge in [-0.3, -0.25) is 11.3 Å². The second-order valence-corrected chi connectivity index (χ2v) is 3.05. The van der Waals surface area contributed by atoms with Crippen LogP contribution in [0, 0.1) is 0 Å². The van der Waals surface area contributed by atoms with Gasteiger partial charge in [0.1, 0.15) is 0 Å². The monoisotopic (exact) mass is 158 g/mol. The molecule has 11 heavy (non-hydrogen) atoms. The molecule has 0 saturated heterocycles. The van der Waals surface area contributed by atoms with Crippen LogP contribution in [0.5, 0.6) is 0 Å². The smallest absolute Gasteiger partial charge is 0.0741 e. The van der Waals surface area contributed by atoms with Crippen molar-refractivity contribution < 1.29 is 4.74 Å². The number of hydrazine groups is 1. The van der Waals surface area contributed by atoms with Crippen LogP contribution in [0.25, 0.3) is 0 Å². The molecule has 2 atom stereocenters. The lowest BCUT2D eigenvalue weighted by molar-refractivity contribution is 0.0124. The van der Waals surface area contributed by atoms with E-state index >= 15 is 0 Å². The van der Waals surface area contributed by atoms with E-state index in [0.29, 0.717) is 12.1 Å². The quantitative estimate of drug-likeness (QED) is 0.471. The maximum Gasteiger partial charge on any atom is 0.0741 e. The summed E-state index contributed by atoms with van der Waals surface area (Å²) in [5, 5.41) is 0. The molecule has 3 N–H and O–H groups in total. The van der Waals surface area contributed by atoms with E-state index < -0.39 is 0 Å². The molecular weight excluding hydrogens is 140 g/mol. The second kappa shape index (κ2) is 4.70. The first kappa shape index (κ1) is 8.97. The molecule has 0 aromatic rings. The summed E-state index contributed by atoms with van der Waals surface area (Å²) in [6.45, 7) is 2.82. The first-order chi connectivity index (χ1) is 5.38. The van der Waals surface area contributed by atoms with Gasteiger partial charge in [-0.2, -0.15) is 0 Å². The third-order valence-electron chi connectivity index (χ3n) is 2.30. The number of hydrogen-bond donors (Lipinski definition) is 2. The molecule has 3 heteroatoms. The minimum Gasteiger partial charge on any atom is -0.377 e. The van der Waals surface area contributed by atoms with Crippen molar-refractivity contribution in [2.24, 2.45) is 5.84 Å². The highest BCUT2D eigenvalue weighted by Crippen LogP contribution is 2.20. The Balaban J connectivity index is 2.31. The first-order valence-electron chi connectivity index (χ1n) is 4.46. The van der Waals surface area contributed by atoms with Gasteiger partial charge in [-0.25, -0.2) is 0 Å². The summed E-state index contributed by atoms with van der Waals surface area (Å²) in [7, 11) is 0. The summed E-state index contributed by atoms with van der Waals surface area (Å²) in [6, 6.07) is 0.378. The Morgan fingerprint density at radius 3 is 2.82 bits per heavy atom. The van der Waals surface area contributed by atoms with Crippen LogP contribution in [-0.4, -0.2) is 18.8 Å². The second-order valence-electron chi connectivity index (χ2n) is 3.05. The molecule has 1 aliphatic carbocycles. The summed E-state index contributed by atoms with van der Waals surface area (Å²) >= 11 is 0. The van der Waals surface area contributed by atoms with E-state index in [9.17, 15) is 0 Å². The van der Waals surface area contributed by atoms with Crippen LogP contribution in [0.1, 0.15) is 32.6 Å². The zero-order valence-electron chi connectivity index (χ0n) is 7.18. The van der Waals surface area contributed by atoms with Crippen LogP contribution in [0.4, 0.5) is 0 Å². The third kappa shape index (κ3) is 2.43. The van der Waals surface area contributed by atoms with E-state index in [1.165, 1.54) is 12.8 Å². The maximum absolute atomic E-state index is 5.54. The molecule has 0 aliphatic heterocycles. The van der Waals surface area contributed by atoms with Gasteiger partial charge in [0, 0.05) is 12.6 Å². The van der Waals surface area contributed by atoms with Gasteiger partial charge >= 0.3 is 0 Å². The van der Waals surface area contributed by atoms with E-state index in [2.05, 4.69) is 5.43 Å². The van der Waals surface area contributed by atoms with Gasteiger partial charge in [0.2, 0.25) is 0 Å². The standard InChI is InChI=1S/C8H18N2O/c1-2-11-8-6-4-3-5-7(8)10-9/h7-8,10H,2-6,9H2,1H3/t7-,8-/m0/s1. The highest BCUT2D eigenvalue weighted by atomic mass is 16.5. The van der Waals surface area contributed by atoms with Gasteiger partial charge < -0.3 is 4.74 Å². The van der Waals surface area contributed by atoms with Crippen molar-refractivity contribution in [2.75, 3.05) is 6.61 Å². The van der Waals surface area contributed by atoms with Gasteiger partial charge in [-0.15, -0.1) is 0 Å². The van der Waals surface area contributed by atoms with Crippen LogP contribution < -0.4 is 11.3 Å². The van der Waals surface area contributed by atoms with E-state index in [-0.39, 0.29) is 0 Å². The molecular formula is C8H18N2O. The highest BCUT2D eigenvalue weighted by Gasteiger charge is 2.23. The normalized spacial score (nSPS) is 32.2. The molecule has 0 radical (unpaired) electrons. The van der Waals surface area contributed by atoms with Crippen molar-refractivity contribution in [3.05, 3.63) is 0 Å². The summed E-state index contributed by atoms with van der Waals surface area (Å²) in [4.78, 5) is 0. The van der Waals surface area contributed by atoms with Crippen molar-refractivity contribution in [3.8, 4) is 0 Å². The average molecular weight is 158 g/mol. The summed E-state index contributed by atoms with van der Waals surface area (Å²) in [5.74, 6) is 5.39. The van der Waals surface area contributed by atoms with Gasteiger partial charge in [0.05, 0.1) is 6.10 Å². The highest BCUT2D eigenvalue weighted by molar-refractivity contribution is 4.79. The van der Waals surface area contributed by atoms with Crippen LogP contribution >= 0.6 is 0 Å². The molecule has 0 aromatic carbocycles. The van der Waals surface area contributed by atoms with Crippen LogP contribution in [0.2, 0.25) is 0 Å². The van der Waals surface area contributed by atoms with Crippen molar-refractivity contribution >= 4 is 0 Å². The minimum absolute atomic E-state index is 0.346. The molecule has 3 nitrogen and oxygen atoms in total. The molecule has 66 valence electrons. The summed E-state index contributed by atoms with van der Waals surface area (Å²) in [5.41, 5.74) is 2.81. The van der Waals surface area contributed by atoms with Crippen LogP contribution in [-0.2, 0) is 4.74 Å². The predicted octanol–water partition coefficient (Wildman–Crippen LogP) is 0.797. The number of hydrogen-bond acceptors (Lipinski definition) is 3. The Hall–Kier alpha value is -0.120. The van der Waals surface area contributed by atoms with Crippen molar-refractivity contribution in [1.29, 1.82) is 0 Å². The lowest BCUT2D eigenvalue weighted by Crippen LogP contribution is -2.46. The van der Waals surface area contributed by atoms with Crippen molar-refractivity contribution in [1.82, 2.24) is 5.43 Å². The Morgan fingerprint density at radius 2 is 2.18 bits per heavy atom. The fraction of sp³-hybridized carbons (Fsp3) is 1.00. The molecule has 1 rings (SSSR count). The SMILES string of the molecule is CCO[C@H]1CCCC[C@@H]1NN. The fourth-order valence-corrected chi connectivity index (χ4v) is 1.70. The number of nitrogens with two attached hydrogens (primary N) is 1. The average Bonchev–Trinajstić information content (AvgIpc) is 2.06. The van der Waals surface area contributed by atoms with Gasteiger partial charge in [-0.05, 0) is 19.8 Å². The Morgan fingerprint density at radius 1 is 1.45 bits per heavy atom. The van der Waals surface area contributed by atoms with E-state index in [4.69, 9.17) is 10.6 Å². The summed E-state index contributed by atoms with van der Waals surface area (Å²) < 4.78 is 5.54. The Bertz CT molecular complexity index is 106. The summed E-state index contributed by atoms with van der Waals surface area (Å²) in [6.07, 6.45) is 5.21. The zero-order chi connectivity index (χ0) is 8.10. The first-order valence-corrected chi connectivity index (χ1v) is 4.46.